The molecule has 1 aromatic carbocycles. The summed E-state index contributed by atoms with van der Waals surface area (Å²) >= 11 is 0. The van der Waals surface area contributed by atoms with Crippen molar-refractivity contribution in [2.24, 2.45) is 0 Å². The predicted octanol–water partition coefficient (Wildman–Crippen LogP) is 2.23. The Kier molecular flexibility index (Phi) is 7.48. The van der Waals surface area contributed by atoms with Crippen molar-refractivity contribution in [2.75, 3.05) is 45.4 Å². The van der Waals surface area contributed by atoms with Crippen molar-refractivity contribution in [1.29, 1.82) is 0 Å². The third-order valence-corrected chi connectivity index (χ3v) is 3.08. The van der Waals surface area contributed by atoms with E-state index < -0.39 is 6.10 Å². The van der Waals surface area contributed by atoms with Crippen LogP contribution in [0.3, 0.4) is 0 Å². The van der Waals surface area contributed by atoms with Crippen molar-refractivity contribution in [3.8, 4) is 0 Å². The summed E-state index contributed by atoms with van der Waals surface area (Å²) in [5.41, 5.74) is 2.09. The first-order chi connectivity index (χ1) is 9.19. The molecule has 0 saturated carbocycles. The smallest absolute Gasteiger partial charge is 0.0761 e. The van der Waals surface area contributed by atoms with E-state index in [1.54, 1.807) is 21.1 Å². The molecule has 0 aliphatic heterocycles. The summed E-state index contributed by atoms with van der Waals surface area (Å²) in [4.78, 5) is 2.27. The number of nitrogens with zero attached hydrogens (tertiary/aromatic N) is 1. The van der Waals surface area contributed by atoms with Crippen molar-refractivity contribution in [3.05, 3.63) is 29.8 Å². The average molecular weight is 267 g/mol. The number of aliphatic hydroxyl groups excluding tert-OH is 1. The van der Waals surface area contributed by atoms with Gasteiger partial charge < -0.3 is 19.5 Å². The lowest BCUT2D eigenvalue weighted by molar-refractivity contribution is 0.191. The Morgan fingerprint density at radius 3 is 2.21 bits per heavy atom. The van der Waals surface area contributed by atoms with Crippen LogP contribution in [0.15, 0.2) is 24.3 Å². The van der Waals surface area contributed by atoms with Gasteiger partial charge in [0.05, 0.1) is 12.7 Å². The van der Waals surface area contributed by atoms with Crippen LogP contribution in [0.25, 0.3) is 0 Å². The van der Waals surface area contributed by atoms with Crippen LogP contribution in [-0.2, 0) is 9.47 Å². The Balaban J connectivity index is 2.66. The summed E-state index contributed by atoms with van der Waals surface area (Å²) in [6.45, 7) is 5.02. The van der Waals surface area contributed by atoms with Gasteiger partial charge in [-0.2, -0.15) is 0 Å². The minimum Gasteiger partial charge on any atom is -0.389 e. The van der Waals surface area contributed by atoms with E-state index in [0.717, 1.165) is 37.4 Å². The maximum atomic E-state index is 9.52. The highest BCUT2D eigenvalue weighted by molar-refractivity contribution is 5.47. The van der Waals surface area contributed by atoms with Gasteiger partial charge in [0.2, 0.25) is 0 Å². The molecule has 4 heteroatoms. The molecule has 1 rings (SSSR count). The number of anilines is 1. The van der Waals surface area contributed by atoms with Gasteiger partial charge in [0.15, 0.2) is 0 Å². The third-order valence-electron chi connectivity index (χ3n) is 3.08. The zero-order chi connectivity index (χ0) is 14.1. The molecular formula is C15H25NO3. The van der Waals surface area contributed by atoms with Crippen LogP contribution in [-0.4, -0.2) is 45.6 Å². The minimum atomic E-state index is -0.421. The molecule has 0 saturated heterocycles. The van der Waals surface area contributed by atoms with Crippen LogP contribution < -0.4 is 4.90 Å². The number of hydrogen-bond donors (Lipinski definition) is 1. The van der Waals surface area contributed by atoms with Gasteiger partial charge in [0.25, 0.3) is 0 Å². The minimum absolute atomic E-state index is 0.421. The van der Waals surface area contributed by atoms with Gasteiger partial charge in [-0.15, -0.1) is 0 Å². The van der Waals surface area contributed by atoms with Crippen LogP contribution in [0.4, 0.5) is 5.69 Å². The second-order valence-corrected chi connectivity index (χ2v) is 4.59. The first kappa shape index (κ1) is 16.0. The van der Waals surface area contributed by atoms with E-state index in [2.05, 4.69) is 4.90 Å². The highest BCUT2D eigenvalue weighted by Crippen LogP contribution is 2.19. The number of benzene rings is 1. The molecule has 19 heavy (non-hydrogen) atoms. The van der Waals surface area contributed by atoms with E-state index >= 15 is 0 Å². The highest BCUT2D eigenvalue weighted by atomic mass is 16.5. The van der Waals surface area contributed by atoms with E-state index in [4.69, 9.17) is 9.47 Å². The summed E-state index contributed by atoms with van der Waals surface area (Å²) in [5.74, 6) is 0. The lowest BCUT2D eigenvalue weighted by Crippen LogP contribution is -2.29. The van der Waals surface area contributed by atoms with E-state index in [-0.39, 0.29) is 0 Å². The quantitative estimate of drug-likeness (QED) is 0.697. The van der Waals surface area contributed by atoms with Gasteiger partial charge in [-0.25, -0.2) is 0 Å². The molecular weight excluding hydrogens is 242 g/mol. The standard InChI is InChI=1S/C15H25NO3/c1-13(17)14-5-7-15(8-6-14)16(10-12-19-3)9-4-11-18-2/h5-8,13,17H,4,9-12H2,1-3H3. The van der Waals surface area contributed by atoms with Gasteiger partial charge in [-0.3, -0.25) is 0 Å². The molecule has 1 atom stereocenters. The summed E-state index contributed by atoms with van der Waals surface area (Å²) in [6.07, 6.45) is 0.563. The Bertz CT molecular complexity index is 338. The van der Waals surface area contributed by atoms with Gasteiger partial charge in [-0.1, -0.05) is 12.1 Å². The molecule has 4 nitrogen and oxygen atoms in total. The van der Waals surface area contributed by atoms with E-state index in [1.165, 1.54) is 0 Å². The van der Waals surface area contributed by atoms with Crippen LogP contribution in [0.1, 0.15) is 25.0 Å². The molecule has 0 aromatic heterocycles. The molecule has 0 bridgehead atoms. The molecule has 1 aromatic rings. The van der Waals surface area contributed by atoms with Gasteiger partial charge in [0.1, 0.15) is 0 Å². The zero-order valence-corrected chi connectivity index (χ0v) is 12.1. The fourth-order valence-electron chi connectivity index (χ4n) is 1.93. The number of ether oxygens (including phenoxy) is 2. The van der Waals surface area contributed by atoms with E-state index in [0.29, 0.717) is 6.61 Å². The first-order valence-electron chi connectivity index (χ1n) is 6.70. The van der Waals surface area contributed by atoms with Crippen LogP contribution in [0.5, 0.6) is 0 Å². The Morgan fingerprint density at radius 2 is 1.68 bits per heavy atom. The fraction of sp³-hybridized carbons (Fsp3) is 0.600. The largest absolute Gasteiger partial charge is 0.389 e. The van der Waals surface area contributed by atoms with Gasteiger partial charge in [0, 0.05) is 39.6 Å². The molecule has 1 N–H and O–H groups in total. The number of methoxy groups -OCH3 is 2. The summed E-state index contributed by atoms with van der Waals surface area (Å²) in [6, 6.07) is 8.03. The van der Waals surface area contributed by atoms with Crippen molar-refractivity contribution in [2.45, 2.75) is 19.4 Å². The van der Waals surface area contributed by atoms with Gasteiger partial charge in [-0.05, 0) is 31.0 Å². The summed E-state index contributed by atoms with van der Waals surface area (Å²) < 4.78 is 10.2. The molecule has 0 aliphatic rings. The molecule has 0 heterocycles. The lowest BCUT2D eigenvalue weighted by Gasteiger charge is -2.25. The number of hydrogen-bond acceptors (Lipinski definition) is 4. The van der Waals surface area contributed by atoms with Crippen LogP contribution in [0, 0.1) is 0 Å². The Morgan fingerprint density at radius 1 is 1.05 bits per heavy atom. The van der Waals surface area contributed by atoms with E-state index in [1.807, 2.05) is 24.3 Å². The van der Waals surface area contributed by atoms with Gasteiger partial charge >= 0.3 is 0 Å². The van der Waals surface area contributed by atoms with Crippen LogP contribution >= 0.6 is 0 Å². The molecule has 0 aliphatic carbocycles. The molecule has 0 fully saturated rings. The van der Waals surface area contributed by atoms with Crippen molar-refractivity contribution in [3.63, 3.8) is 0 Å². The molecule has 0 spiro atoms. The fourth-order valence-corrected chi connectivity index (χ4v) is 1.93. The van der Waals surface area contributed by atoms with Crippen molar-refractivity contribution in [1.82, 2.24) is 0 Å². The molecule has 108 valence electrons. The van der Waals surface area contributed by atoms with Crippen molar-refractivity contribution < 1.29 is 14.6 Å². The van der Waals surface area contributed by atoms with Crippen LogP contribution in [0.2, 0.25) is 0 Å². The average Bonchev–Trinajstić information content (AvgIpc) is 2.43. The van der Waals surface area contributed by atoms with Crippen molar-refractivity contribution >= 4 is 5.69 Å². The zero-order valence-electron chi connectivity index (χ0n) is 12.1. The summed E-state index contributed by atoms with van der Waals surface area (Å²) in [5, 5.41) is 9.52. The molecule has 1 unspecified atom stereocenters. The Hall–Kier alpha value is -1.10. The SMILES string of the molecule is COCCCN(CCOC)c1ccc(C(C)O)cc1. The third kappa shape index (κ3) is 5.59. The second-order valence-electron chi connectivity index (χ2n) is 4.59. The summed E-state index contributed by atoms with van der Waals surface area (Å²) in [7, 11) is 3.43. The van der Waals surface area contributed by atoms with E-state index in [9.17, 15) is 5.11 Å². The molecule has 0 amide bonds. The normalized spacial score (nSPS) is 12.4. The maximum Gasteiger partial charge on any atom is 0.0761 e. The number of aliphatic hydroxyl groups is 1. The Labute approximate surface area is 115 Å². The monoisotopic (exact) mass is 267 g/mol. The molecule has 0 radical (unpaired) electrons. The number of rotatable bonds is 9. The lowest BCUT2D eigenvalue weighted by atomic mass is 10.1. The topological polar surface area (TPSA) is 41.9 Å². The highest BCUT2D eigenvalue weighted by Gasteiger charge is 2.07. The maximum absolute atomic E-state index is 9.52. The predicted molar refractivity (Wildman–Crippen MR) is 77.7 cm³/mol. The second kappa shape index (κ2) is 8.91. The first-order valence-corrected chi connectivity index (χ1v) is 6.70.